The lowest BCUT2D eigenvalue weighted by Gasteiger charge is -2.28. The highest BCUT2D eigenvalue weighted by Gasteiger charge is 2.25. The van der Waals surface area contributed by atoms with Crippen LogP contribution in [-0.4, -0.2) is 12.6 Å². The number of hydrogen-bond donors (Lipinski definition) is 1. The first-order valence-electron chi connectivity index (χ1n) is 5.73. The number of aryl methyl sites for hydroxylation is 1. The molecule has 3 nitrogen and oxygen atoms in total. The predicted octanol–water partition coefficient (Wildman–Crippen LogP) is 2.75. The summed E-state index contributed by atoms with van der Waals surface area (Å²) in [6, 6.07) is 2.69. The van der Waals surface area contributed by atoms with Crippen LogP contribution in [0.25, 0.3) is 0 Å². The Labute approximate surface area is 100 Å². The third-order valence-corrected chi connectivity index (χ3v) is 4.12. The van der Waals surface area contributed by atoms with Gasteiger partial charge in [-0.05, 0) is 33.1 Å². The van der Waals surface area contributed by atoms with Gasteiger partial charge in [0.2, 0.25) is 0 Å². The van der Waals surface area contributed by atoms with Crippen molar-refractivity contribution in [1.29, 1.82) is 5.26 Å². The van der Waals surface area contributed by atoms with Crippen LogP contribution in [0.2, 0.25) is 0 Å². The van der Waals surface area contributed by atoms with Crippen molar-refractivity contribution in [3.63, 3.8) is 0 Å². The van der Waals surface area contributed by atoms with Gasteiger partial charge in [-0.25, -0.2) is 0 Å². The Bertz CT molecular complexity index is 428. The van der Waals surface area contributed by atoms with E-state index in [4.69, 9.17) is 5.73 Å². The van der Waals surface area contributed by atoms with E-state index >= 15 is 0 Å². The number of nitrogens with zero attached hydrogens (tertiary/aromatic N) is 2. The number of thiophene rings is 1. The summed E-state index contributed by atoms with van der Waals surface area (Å²) in [6.07, 6.45) is 3.46. The molecule has 0 radical (unpaired) electrons. The van der Waals surface area contributed by atoms with Crippen molar-refractivity contribution in [2.45, 2.75) is 39.2 Å². The third-order valence-electron chi connectivity index (χ3n) is 3.06. The van der Waals surface area contributed by atoms with Crippen molar-refractivity contribution in [2.75, 3.05) is 17.2 Å². The van der Waals surface area contributed by atoms with Crippen LogP contribution in [0.3, 0.4) is 0 Å². The summed E-state index contributed by atoms with van der Waals surface area (Å²) in [5.41, 5.74) is 7.71. The number of nitrogens with two attached hydrogens (primary N) is 1. The summed E-state index contributed by atoms with van der Waals surface area (Å²) in [5, 5.41) is 9.89. The number of rotatable bonds is 1. The van der Waals surface area contributed by atoms with Gasteiger partial charge < -0.3 is 10.6 Å². The van der Waals surface area contributed by atoms with Crippen molar-refractivity contribution in [3.8, 4) is 6.07 Å². The highest BCUT2D eigenvalue weighted by atomic mass is 32.1. The van der Waals surface area contributed by atoms with Gasteiger partial charge in [0, 0.05) is 17.5 Å². The molecule has 4 heteroatoms. The number of nitrogen functional groups attached to an aromatic ring is 1. The van der Waals surface area contributed by atoms with Gasteiger partial charge in [-0.2, -0.15) is 5.26 Å². The fourth-order valence-corrected chi connectivity index (χ4v) is 3.34. The van der Waals surface area contributed by atoms with Crippen molar-refractivity contribution >= 4 is 22.0 Å². The van der Waals surface area contributed by atoms with Crippen LogP contribution in [-0.2, 0) is 6.42 Å². The van der Waals surface area contributed by atoms with Crippen molar-refractivity contribution in [3.05, 3.63) is 10.4 Å². The van der Waals surface area contributed by atoms with E-state index in [2.05, 4.69) is 24.8 Å². The number of anilines is 2. The first-order chi connectivity index (χ1) is 7.65. The minimum atomic E-state index is 0.429. The summed E-state index contributed by atoms with van der Waals surface area (Å²) >= 11 is 1.59. The van der Waals surface area contributed by atoms with E-state index in [0.717, 1.165) is 18.7 Å². The minimum Gasteiger partial charge on any atom is -0.389 e. The molecular formula is C12H17N3S. The lowest BCUT2D eigenvalue weighted by Crippen LogP contribution is -2.31. The Kier molecular flexibility index (Phi) is 3.06. The Morgan fingerprint density at radius 2 is 2.19 bits per heavy atom. The van der Waals surface area contributed by atoms with Crippen LogP contribution >= 0.6 is 11.3 Å². The molecule has 0 spiro atoms. The van der Waals surface area contributed by atoms with Gasteiger partial charge in [0.25, 0.3) is 0 Å². The van der Waals surface area contributed by atoms with Gasteiger partial charge in [-0.1, -0.05) is 0 Å². The second kappa shape index (κ2) is 4.34. The molecule has 0 aliphatic carbocycles. The largest absolute Gasteiger partial charge is 0.389 e. The molecule has 0 saturated carbocycles. The number of hydrogen-bond acceptors (Lipinski definition) is 4. The Hall–Kier alpha value is -1.21. The summed E-state index contributed by atoms with van der Waals surface area (Å²) in [5.74, 6) is 0. The van der Waals surface area contributed by atoms with E-state index in [-0.39, 0.29) is 0 Å². The molecule has 2 heterocycles. The van der Waals surface area contributed by atoms with Crippen LogP contribution in [0.5, 0.6) is 0 Å². The van der Waals surface area contributed by atoms with Crippen LogP contribution in [0, 0.1) is 11.3 Å². The monoisotopic (exact) mass is 235 g/mol. The van der Waals surface area contributed by atoms with Crippen molar-refractivity contribution in [2.24, 2.45) is 0 Å². The second-order valence-electron chi connectivity index (χ2n) is 4.47. The van der Waals surface area contributed by atoms with Crippen LogP contribution in [0.15, 0.2) is 0 Å². The minimum absolute atomic E-state index is 0.429. The van der Waals surface area contributed by atoms with Crippen molar-refractivity contribution < 1.29 is 0 Å². The lowest BCUT2D eigenvalue weighted by molar-refractivity contribution is 0.652. The standard InChI is InChI=1S/C12H17N3S/c1-8(2)15-6-4-3-5-10-11(15)9(7-13)12(14)16-10/h8H,3-6,14H2,1-2H3. The fourth-order valence-electron chi connectivity index (χ4n) is 2.27. The lowest BCUT2D eigenvalue weighted by atomic mass is 10.2. The van der Waals surface area contributed by atoms with Crippen LogP contribution < -0.4 is 10.6 Å². The molecule has 2 rings (SSSR count). The summed E-state index contributed by atoms with van der Waals surface area (Å²) in [7, 11) is 0. The molecule has 0 saturated heterocycles. The SMILES string of the molecule is CC(C)N1CCCCc2sc(N)c(C#N)c21. The Morgan fingerprint density at radius 3 is 2.81 bits per heavy atom. The van der Waals surface area contributed by atoms with Gasteiger partial charge in [0.15, 0.2) is 0 Å². The smallest absolute Gasteiger partial charge is 0.110 e. The van der Waals surface area contributed by atoms with E-state index < -0.39 is 0 Å². The highest BCUT2D eigenvalue weighted by Crippen LogP contribution is 2.41. The predicted molar refractivity (Wildman–Crippen MR) is 68.9 cm³/mol. The quantitative estimate of drug-likeness (QED) is 0.814. The average Bonchev–Trinajstić information content (AvgIpc) is 2.43. The molecule has 86 valence electrons. The first kappa shape index (κ1) is 11.3. The molecule has 0 fully saturated rings. The van der Waals surface area contributed by atoms with E-state index in [9.17, 15) is 5.26 Å². The Balaban J connectivity index is 2.54. The van der Waals surface area contributed by atoms with E-state index in [0.29, 0.717) is 16.6 Å². The second-order valence-corrected chi connectivity index (χ2v) is 5.61. The maximum absolute atomic E-state index is 9.20. The zero-order chi connectivity index (χ0) is 11.7. The molecule has 0 bridgehead atoms. The van der Waals surface area contributed by atoms with Crippen LogP contribution in [0.4, 0.5) is 10.7 Å². The third kappa shape index (κ3) is 1.76. The maximum Gasteiger partial charge on any atom is 0.110 e. The summed E-state index contributed by atoms with van der Waals surface area (Å²) in [4.78, 5) is 3.62. The molecule has 16 heavy (non-hydrogen) atoms. The van der Waals surface area contributed by atoms with Crippen LogP contribution in [0.1, 0.15) is 37.1 Å². The molecule has 2 N–H and O–H groups in total. The summed E-state index contributed by atoms with van der Waals surface area (Å²) < 4.78 is 0. The van der Waals surface area contributed by atoms with E-state index in [1.165, 1.54) is 17.7 Å². The van der Waals surface area contributed by atoms with Crippen molar-refractivity contribution in [1.82, 2.24) is 0 Å². The molecule has 1 aromatic rings. The normalized spacial score (nSPS) is 15.8. The molecule has 0 amide bonds. The maximum atomic E-state index is 9.20. The van der Waals surface area contributed by atoms with Gasteiger partial charge in [0.1, 0.15) is 16.6 Å². The fraction of sp³-hybridized carbons (Fsp3) is 0.583. The van der Waals surface area contributed by atoms with E-state index in [1.807, 2.05) is 0 Å². The number of fused-ring (bicyclic) bond motifs is 1. The molecule has 0 atom stereocenters. The molecule has 1 aliphatic rings. The number of nitriles is 1. The van der Waals surface area contributed by atoms with Gasteiger partial charge in [-0.3, -0.25) is 0 Å². The molecule has 0 unspecified atom stereocenters. The summed E-state index contributed by atoms with van der Waals surface area (Å²) in [6.45, 7) is 5.38. The van der Waals surface area contributed by atoms with Gasteiger partial charge >= 0.3 is 0 Å². The first-order valence-corrected chi connectivity index (χ1v) is 6.54. The molecule has 1 aliphatic heterocycles. The molecule has 1 aromatic heterocycles. The van der Waals surface area contributed by atoms with Gasteiger partial charge in [0.05, 0.1) is 5.69 Å². The highest BCUT2D eigenvalue weighted by molar-refractivity contribution is 7.16. The topological polar surface area (TPSA) is 53.0 Å². The van der Waals surface area contributed by atoms with E-state index in [1.54, 1.807) is 11.3 Å². The van der Waals surface area contributed by atoms with Gasteiger partial charge in [-0.15, -0.1) is 11.3 Å². The molecular weight excluding hydrogens is 218 g/mol. The Morgan fingerprint density at radius 1 is 1.44 bits per heavy atom. The average molecular weight is 235 g/mol. The zero-order valence-electron chi connectivity index (χ0n) is 9.79. The molecule has 0 aromatic carbocycles. The zero-order valence-corrected chi connectivity index (χ0v) is 10.6.